The summed E-state index contributed by atoms with van der Waals surface area (Å²) in [5.41, 5.74) is -0.419. The van der Waals surface area contributed by atoms with Crippen molar-refractivity contribution in [1.29, 1.82) is 0 Å². The third kappa shape index (κ3) is 9.10. The largest absolute Gasteiger partial charge is 0.490 e. The molecule has 2 rings (SSSR count). The molecule has 0 fully saturated rings. The lowest BCUT2D eigenvalue weighted by Gasteiger charge is -2.14. The second-order valence-corrected chi connectivity index (χ2v) is 8.90. The van der Waals surface area contributed by atoms with Crippen LogP contribution < -0.4 is 9.47 Å². The van der Waals surface area contributed by atoms with Gasteiger partial charge in [0.2, 0.25) is 0 Å². The molecule has 0 bridgehead atoms. The number of hydrogen-bond acceptors (Lipinski definition) is 4. The summed E-state index contributed by atoms with van der Waals surface area (Å²) >= 11 is 23.5. The van der Waals surface area contributed by atoms with Gasteiger partial charge in [-0.3, -0.25) is 0 Å². The summed E-state index contributed by atoms with van der Waals surface area (Å²) in [6.45, 7) is 3.77. The van der Waals surface area contributed by atoms with Gasteiger partial charge in [-0.25, -0.2) is 0 Å². The molecule has 1 atom stereocenters. The van der Waals surface area contributed by atoms with Crippen molar-refractivity contribution in [3.8, 4) is 11.5 Å². The highest BCUT2D eigenvalue weighted by molar-refractivity contribution is 6.55. The average Bonchev–Trinajstić information content (AvgIpc) is 2.75. The van der Waals surface area contributed by atoms with Gasteiger partial charge in [-0.05, 0) is 25.0 Å². The third-order valence-electron chi connectivity index (χ3n) is 4.49. The van der Waals surface area contributed by atoms with Crippen molar-refractivity contribution in [1.82, 2.24) is 0 Å². The highest BCUT2D eigenvalue weighted by Gasteiger charge is 2.38. The molecule has 0 aliphatic heterocycles. The fourth-order valence-electron chi connectivity index (χ4n) is 2.54. The van der Waals surface area contributed by atoms with E-state index in [4.69, 9.17) is 60.7 Å². The van der Waals surface area contributed by atoms with Gasteiger partial charge in [0.25, 0.3) is 0 Å². The van der Waals surface area contributed by atoms with Gasteiger partial charge < -0.3 is 14.3 Å². The van der Waals surface area contributed by atoms with Crippen molar-refractivity contribution in [2.45, 2.75) is 39.0 Å². The molecule has 11 heteroatoms. The highest BCUT2D eigenvalue weighted by Crippen LogP contribution is 2.37. The maximum Gasteiger partial charge on any atom is 0.437 e. The van der Waals surface area contributed by atoms with Crippen LogP contribution in [0.3, 0.4) is 0 Å². The molecule has 0 N–H and O–H groups in total. The second kappa shape index (κ2) is 13.3. The molecule has 2 aromatic carbocycles. The lowest BCUT2D eigenvalue weighted by Crippen LogP contribution is -2.25. The molecule has 0 heterocycles. The molecule has 0 radical (unpaired) electrons. The highest BCUT2D eigenvalue weighted by atomic mass is 35.5. The standard InChI is InChI=1S/C23H22Cl4F3NO3/c1-3-14(2)34-31-22(23(28,29)30)16-6-4-15(5-7-16)8-10-33-21-18(24)12-17(13-19(21)25)32-11-9-20(26)27/h4-7,9,12-14H,3,8,10-11H2,1-2H3. The lowest BCUT2D eigenvalue weighted by molar-refractivity contribution is -0.0630. The molecule has 0 saturated carbocycles. The van der Waals surface area contributed by atoms with Crippen molar-refractivity contribution >= 4 is 52.1 Å². The first kappa shape index (κ1) is 28.4. The van der Waals surface area contributed by atoms with Crippen LogP contribution in [0.5, 0.6) is 11.5 Å². The number of benzene rings is 2. The fraction of sp³-hybridized carbons (Fsp3) is 0.348. The number of alkyl halides is 3. The smallest absolute Gasteiger partial charge is 0.437 e. The molecule has 0 saturated heterocycles. The van der Waals surface area contributed by atoms with Gasteiger partial charge in [0.05, 0.1) is 16.7 Å². The molecular formula is C23H22Cl4F3NO3. The van der Waals surface area contributed by atoms with Crippen LogP contribution in [0.4, 0.5) is 13.2 Å². The maximum absolute atomic E-state index is 13.4. The minimum Gasteiger partial charge on any atom is -0.490 e. The molecule has 0 aliphatic rings. The van der Waals surface area contributed by atoms with E-state index in [1.54, 1.807) is 26.0 Å². The predicted octanol–water partition coefficient (Wildman–Crippen LogP) is 8.39. The molecule has 0 aliphatic carbocycles. The zero-order valence-electron chi connectivity index (χ0n) is 18.3. The minimum absolute atomic E-state index is 0.0755. The lowest BCUT2D eigenvalue weighted by atomic mass is 10.1. The second-order valence-electron chi connectivity index (χ2n) is 7.08. The summed E-state index contributed by atoms with van der Waals surface area (Å²) in [5, 5.41) is 3.82. The summed E-state index contributed by atoms with van der Waals surface area (Å²) in [5.74, 6) is 0.676. The first-order valence-corrected chi connectivity index (χ1v) is 11.7. The van der Waals surface area contributed by atoms with Gasteiger partial charge in [-0.15, -0.1) is 0 Å². The molecule has 0 spiro atoms. The van der Waals surface area contributed by atoms with E-state index in [0.717, 1.165) is 5.56 Å². The molecule has 0 aromatic heterocycles. The Balaban J connectivity index is 2.01. The zero-order valence-corrected chi connectivity index (χ0v) is 21.3. The normalized spacial score (nSPS) is 12.8. The van der Waals surface area contributed by atoms with E-state index in [9.17, 15) is 13.2 Å². The number of rotatable bonds is 11. The summed E-state index contributed by atoms with van der Waals surface area (Å²) in [4.78, 5) is 4.94. The Hall–Kier alpha value is -1.80. The Bertz CT molecular complexity index is 985. The van der Waals surface area contributed by atoms with Crippen molar-refractivity contribution in [2.24, 2.45) is 5.16 Å². The van der Waals surface area contributed by atoms with E-state index in [1.807, 2.05) is 0 Å². The van der Waals surface area contributed by atoms with E-state index in [-0.39, 0.29) is 39.1 Å². The van der Waals surface area contributed by atoms with Crippen LogP contribution in [0.2, 0.25) is 10.0 Å². The van der Waals surface area contributed by atoms with E-state index < -0.39 is 18.0 Å². The number of hydrogen-bond donors (Lipinski definition) is 0. The number of oxime groups is 1. The summed E-state index contributed by atoms with van der Waals surface area (Å²) in [6, 6.07) is 8.89. The Kier molecular flexibility index (Phi) is 11.2. The van der Waals surface area contributed by atoms with Crippen LogP contribution in [0.15, 0.2) is 52.1 Å². The van der Waals surface area contributed by atoms with Crippen LogP contribution in [0, 0.1) is 0 Å². The van der Waals surface area contributed by atoms with Gasteiger partial charge in [-0.1, -0.05) is 82.7 Å². The van der Waals surface area contributed by atoms with Gasteiger partial charge in [0.15, 0.2) is 11.5 Å². The Labute approximate surface area is 216 Å². The predicted molar refractivity (Wildman–Crippen MR) is 131 cm³/mol. The molecule has 0 amide bonds. The molecule has 4 nitrogen and oxygen atoms in total. The Morgan fingerprint density at radius 1 is 1.06 bits per heavy atom. The molecule has 2 aromatic rings. The van der Waals surface area contributed by atoms with Crippen molar-refractivity contribution < 1.29 is 27.5 Å². The molecule has 1 unspecified atom stereocenters. The molecule has 34 heavy (non-hydrogen) atoms. The van der Waals surface area contributed by atoms with Crippen LogP contribution in [0.25, 0.3) is 0 Å². The van der Waals surface area contributed by atoms with Crippen molar-refractivity contribution in [3.05, 3.63) is 68.1 Å². The fourth-order valence-corrected chi connectivity index (χ4v) is 3.25. The van der Waals surface area contributed by atoms with Crippen LogP contribution in [-0.4, -0.2) is 31.2 Å². The van der Waals surface area contributed by atoms with Crippen molar-refractivity contribution in [2.75, 3.05) is 13.2 Å². The summed E-state index contributed by atoms with van der Waals surface area (Å²) < 4.78 is 51.3. The van der Waals surface area contributed by atoms with E-state index in [0.29, 0.717) is 18.6 Å². The van der Waals surface area contributed by atoms with Crippen molar-refractivity contribution in [3.63, 3.8) is 0 Å². The molecule has 186 valence electrons. The quantitative estimate of drug-likeness (QED) is 0.205. The summed E-state index contributed by atoms with van der Waals surface area (Å²) in [6.07, 6.45) is -2.66. The number of nitrogens with zero attached hydrogens (tertiary/aromatic N) is 1. The average molecular weight is 559 g/mol. The maximum atomic E-state index is 13.4. The Morgan fingerprint density at radius 3 is 2.21 bits per heavy atom. The van der Waals surface area contributed by atoms with E-state index >= 15 is 0 Å². The van der Waals surface area contributed by atoms with Gasteiger partial charge >= 0.3 is 6.18 Å². The SMILES string of the molecule is CCC(C)ON=C(c1ccc(CCOc2c(Cl)cc(OCC=C(Cl)Cl)cc2Cl)cc1)C(F)(F)F. The van der Waals surface area contributed by atoms with Crippen LogP contribution >= 0.6 is 46.4 Å². The molecular weight excluding hydrogens is 537 g/mol. The van der Waals surface area contributed by atoms with E-state index in [2.05, 4.69) is 5.16 Å². The topological polar surface area (TPSA) is 40.0 Å². The van der Waals surface area contributed by atoms with Gasteiger partial charge in [-0.2, -0.15) is 13.2 Å². The monoisotopic (exact) mass is 557 g/mol. The van der Waals surface area contributed by atoms with Gasteiger partial charge in [0, 0.05) is 24.1 Å². The third-order valence-corrected chi connectivity index (χ3v) is 5.36. The van der Waals surface area contributed by atoms with E-state index in [1.165, 1.54) is 30.3 Å². The Morgan fingerprint density at radius 2 is 1.68 bits per heavy atom. The zero-order chi connectivity index (χ0) is 25.3. The van der Waals surface area contributed by atoms with Crippen LogP contribution in [0.1, 0.15) is 31.4 Å². The van der Waals surface area contributed by atoms with Crippen LogP contribution in [-0.2, 0) is 11.3 Å². The minimum atomic E-state index is -4.64. The first-order chi connectivity index (χ1) is 16.0. The first-order valence-electron chi connectivity index (χ1n) is 10.2. The number of halogens is 7. The number of ether oxygens (including phenoxy) is 2. The summed E-state index contributed by atoms with van der Waals surface area (Å²) in [7, 11) is 0. The van der Waals surface area contributed by atoms with Gasteiger partial charge in [0.1, 0.15) is 23.0 Å².